The van der Waals surface area contributed by atoms with E-state index in [1.807, 2.05) is 30.5 Å². The van der Waals surface area contributed by atoms with Gasteiger partial charge >= 0.3 is 0 Å². The summed E-state index contributed by atoms with van der Waals surface area (Å²) < 4.78 is 19.3. The Bertz CT molecular complexity index is 1250. The first-order valence-electron chi connectivity index (χ1n) is 9.94. The van der Waals surface area contributed by atoms with Crippen molar-refractivity contribution >= 4 is 33.4 Å². The number of nitrogens with zero attached hydrogens (tertiary/aromatic N) is 4. The van der Waals surface area contributed by atoms with Crippen LogP contribution in [0.1, 0.15) is 34.7 Å². The van der Waals surface area contributed by atoms with Gasteiger partial charge in [0.05, 0.1) is 29.6 Å². The van der Waals surface area contributed by atoms with E-state index >= 15 is 0 Å². The maximum absolute atomic E-state index is 13.5. The van der Waals surface area contributed by atoms with Gasteiger partial charge in [-0.05, 0) is 36.1 Å². The Morgan fingerprint density at radius 2 is 2.09 bits per heavy atom. The van der Waals surface area contributed by atoms with Gasteiger partial charge in [0.25, 0.3) is 5.91 Å². The lowest BCUT2D eigenvalue weighted by Gasteiger charge is -2.15. The van der Waals surface area contributed by atoms with Gasteiger partial charge in [-0.1, -0.05) is 6.07 Å². The third-order valence-corrected chi connectivity index (χ3v) is 5.66. The lowest BCUT2D eigenvalue weighted by molar-refractivity contribution is 0.0951. The van der Waals surface area contributed by atoms with Crippen LogP contribution in [-0.2, 0) is 6.42 Å². The lowest BCUT2D eigenvalue weighted by atomic mass is 10.1. The summed E-state index contributed by atoms with van der Waals surface area (Å²) in [5.41, 5.74) is 2.41. The number of anilines is 1. The molecule has 4 heterocycles. The van der Waals surface area contributed by atoms with E-state index in [0.29, 0.717) is 34.6 Å². The molecule has 0 radical (unpaired) electrons. The summed E-state index contributed by atoms with van der Waals surface area (Å²) in [7, 11) is 1.56. The smallest absolute Gasteiger partial charge is 0.271 e. The minimum Gasteiger partial charge on any atom is -0.481 e. The van der Waals surface area contributed by atoms with E-state index in [0.717, 1.165) is 11.9 Å². The third-order valence-electron chi connectivity index (χ3n) is 4.75. The molecule has 0 spiro atoms. The first-order chi connectivity index (χ1) is 15.5. The average molecular weight is 453 g/mol. The van der Waals surface area contributed by atoms with Crippen LogP contribution in [0.2, 0.25) is 0 Å². The zero-order valence-corrected chi connectivity index (χ0v) is 18.3. The quantitative estimate of drug-likeness (QED) is 0.419. The van der Waals surface area contributed by atoms with E-state index in [2.05, 4.69) is 30.6 Å². The van der Waals surface area contributed by atoms with Gasteiger partial charge in [-0.2, -0.15) is 0 Å². The molecule has 4 aromatic rings. The van der Waals surface area contributed by atoms with Crippen LogP contribution < -0.4 is 15.4 Å². The van der Waals surface area contributed by atoms with E-state index in [4.69, 9.17) is 4.74 Å². The number of amides is 1. The van der Waals surface area contributed by atoms with Crippen molar-refractivity contribution in [1.82, 2.24) is 25.3 Å². The monoisotopic (exact) mass is 452 g/mol. The Morgan fingerprint density at radius 1 is 1.22 bits per heavy atom. The van der Waals surface area contributed by atoms with Gasteiger partial charge in [-0.3, -0.25) is 9.78 Å². The molecule has 32 heavy (non-hydrogen) atoms. The largest absolute Gasteiger partial charge is 0.481 e. The molecule has 164 valence electrons. The Kier molecular flexibility index (Phi) is 6.50. The van der Waals surface area contributed by atoms with Crippen molar-refractivity contribution in [1.29, 1.82) is 0 Å². The highest BCUT2D eigenvalue weighted by molar-refractivity contribution is 7.17. The van der Waals surface area contributed by atoms with E-state index < -0.39 is 5.82 Å². The Labute approximate surface area is 187 Å². The number of ether oxygens (including phenoxy) is 1. The molecule has 0 aliphatic heterocycles. The molecule has 0 aromatic carbocycles. The molecule has 0 aliphatic rings. The normalized spacial score (nSPS) is 11.8. The molecule has 4 aromatic heterocycles. The number of hydrogen-bond donors (Lipinski definition) is 2. The van der Waals surface area contributed by atoms with Gasteiger partial charge in [0.15, 0.2) is 5.69 Å². The van der Waals surface area contributed by atoms with Crippen molar-refractivity contribution < 1.29 is 13.9 Å². The molecule has 0 aliphatic carbocycles. The fourth-order valence-corrected chi connectivity index (χ4v) is 3.94. The van der Waals surface area contributed by atoms with Crippen LogP contribution in [0.4, 0.5) is 10.3 Å². The van der Waals surface area contributed by atoms with Gasteiger partial charge in [0, 0.05) is 30.9 Å². The molecule has 0 saturated carbocycles. The number of thiophene rings is 1. The molecular formula is C22H21FN6O2S. The van der Waals surface area contributed by atoms with Crippen LogP contribution in [-0.4, -0.2) is 39.5 Å². The molecule has 0 bridgehead atoms. The first kappa shape index (κ1) is 21.6. The number of pyridine rings is 2. The topological polar surface area (TPSA) is 102 Å². The molecule has 0 unspecified atom stereocenters. The summed E-state index contributed by atoms with van der Waals surface area (Å²) in [6.07, 6.45) is 3.27. The van der Waals surface area contributed by atoms with Gasteiger partial charge in [-0.15, -0.1) is 11.3 Å². The Morgan fingerprint density at radius 3 is 2.91 bits per heavy atom. The Balaban J connectivity index is 1.49. The highest BCUT2D eigenvalue weighted by Gasteiger charge is 2.17. The van der Waals surface area contributed by atoms with Crippen molar-refractivity contribution in [2.75, 3.05) is 19.0 Å². The molecule has 1 atom stereocenters. The van der Waals surface area contributed by atoms with Crippen molar-refractivity contribution in [3.8, 4) is 5.88 Å². The third kappa shape index (κ3) is 4.97. The highest BCUT2D eigenvalue weighted by atomic mass is 32.1. The van der Waals surface area contributed by atoms with Crippen LogP contribution in [0, 0.1) is 5.82 Å². The molecular weight excluding hydrogens is 431 g/mol. The second kappa shape index (κ2) is 9.65. The van der Waals surface area contributed by atoms with Gasteiger partial charge < -0.3 is 15.4 Å². The highest BCUT2D eigenvalue weighted by Crippen LogP contribution is 2.25. The number of aromatic nitrogens is 4. The fraction of sp³-hybridized carbons (Fsp3) is 0.227. The minimum atomic E-state index is -0.420. The average Bonchev–Trinajstić information content (AvgIpc) is 3.27. The van der Waals surface area contributed by atoms with Crippen molar-refractivity contribution in [3.05, 3.63) is 70.9 Å². The Hall–Kier alpha value is -3.66. The summed E-state index contributed by atoms with van der Waals surface area (Å²) >= 11 is 1.40. The minimum absolute atomic E-state index is 0.285. The van der Waals surface area contributed by atoms with Gasteiger partial charge in [0.1, 0.15) is 5.82 Å². The van der Waals surface area contributed by atoms with Crippen LogP contribution >= 0.6 is 11.3 Å². The second-order valence-electron chi connectivity index (χ2n) is 7.01. The second-order valence-corrected chi connectivity index (χ2v) is 7.93. The van der Waals surface area contributed by atoms with E-state index in [-0.39, 0.29) is 23.6 Å². The fourth-order valence-electron chi connectivity index (χ4n) is 3.12. The zero-order chi connectivity index (χ0) is 22.5. The van der Waals surface area contributed by atoms with Crippen molar-refractivity contribution in [2.45, 2.75) is 19.4 Å². The number of carbonyl (C=O) groups is 1. The first-order valence-corrected chi connectivity index (χ1v) is 10.8. The molecule has 8 nitrogen and oxygen atoms in total. The maximum Gasteiger partial charge on any atom is 0.271 e. The number of rotatable bonds is 8. The molecule has 0 fully saturated rings. The van der Waals surface area contributed by atoms with E-state index in [1.54, 1.807) is 19.4 Å². The van der Waals surface area contributed by atoms with Crippen molar-refractivity contribution in [2.24, 2.45) is 0 Å². The summed E-state index contributed by atoms with van der Waals surface area (Å²) in [5, 5.41) is 7.89. The number of fused-ring (bicyclic) bond motifs is 1. The number of methoxy groups -OCH3 is 1. The predicted molar refractivity (Wildman–Crippen MR) is 120 cm³/mol. The maximum atomic E-state index is 13.5. The number of halogens is 1. The molecule has 1 amide bonds. The van der Waals surface area contributed by atoms with Gasteiger partial charge in [-0.25, -0.2) is 19.3 Å². The van der Waals surface area contributed by atoms with Crippen LogP contribution in [0.3, 0.4) is 0 Å². The number of carbonyl (C=O) groups excluding carboxylic acids is 1. The van der Waals surface area contributed by atoms with Crippen LogP contribution in [0.15, 0.2) is 48.1 Å². The molecule has 2 N–H and O–H groups in total. The van der Waals surface area contributed by atoms with Gasteiger partial charge in [0.2, 0.25) is 11.8 Å². The van der Waals surface area contributed by atoms with Crippen LogP contribution in [0.5, 0.6) is 5.88 Å². The number of nitrogens with one attached hydrogen (secondary N) is 2. The summed E-state index contributed by atoms with van der Waals surface area (Å²) in [6, 6.07) is 8.43. The van der Waals surface area contributed by atoms with E-state index in [9.17, 15) is 9.18 Å². The standard InChI is InChI=1S/C22H21FN6O2S/c1-13(14-10-15(23)12-24-11-14)26-22-28-17-7-9-32-20(17)19(29-22)21(30)25-8-6-16-4-3-5-18(27-16)31-2/h3-5,7,9-13H,6,8H2,1-2H3,(H,25,30)(H,26,28,29)/t13-/m0/s1. The van der Waals surface area contributed by atoms with Crippen molar-refractivity contribution in [3.63, 3.8) is 0 Å². The predicted octanol–water partition coefficient (Wildman–Crippen LogP) is 3.77. The summed E-state index contributed by atoms with van der Waals surface area (Å²) in [4.78, 5) is 30.0. The number of hydrogen-bond acceptors (Lipinski definition) is 8. The molecule has 10 heteroatoms. The summed E-state index contributed by atoms with van der Waals surface area (Å²) in [6.45, 7) is 2.24. The van der Waals surface area contributed by atoms with E-state index in [1.165, 1.54) is 17.4 Å². The lowest BCUT2D eigenvalue weighted by Crippen LogP contribution is -2.27. The summed E-state index contributed by atoms with van der Waals surface area (Å²) in [5.74, 6) is 0.0948. The molecule has 0 saturated heterocycles. The molecule has 4 rings (SSSR count). The zero-order valence-electron chi connectivity index (χ0n) is 17.5. The SMILES string of the molecule is COc1cccc(CCNC(=O)c2nc(N[C@@H](C)c3cncc(F)c3)nc3ccsc23)n1. The van der Waals surface area contributed by atoms with Crippen LogP contribution in [0.25, 0.3) is 10.2 Å².